The zero-order valence-corrected chi connectivity index (χ0v) is 11.5. The number of benzene rings is 1. The van der Waals surface area contributed by atoms with E-state index in [-0.39, 0.29) is 35.3 Å². The Hall–Kier alpha value is -1.67. The van der Waals surface area contributed by atoms with E-state index in [1.807, 2.05) is 6.07 Å². The van der Waals surface area contributed by atoms with E-state index in [4.69, 9.17) is 10.00 Å². The largest absolute Gasteiger partial charge is 0.462 e. The standard InChI is InChI=1S/C13H12BrNO3/c1-2-18-13(17)12-9(6-11(16)7-14)4-3-5-10(12)8-15/h3-5H,2,6-7H2,1H3. The molecule has 0 aliphatic carbocycles. The van der Waals surface area contributed by atoms with Gasteiger partial charge in [-0.1, -0.05) is 28.1 Å². The number of nitriles is 1. The van der Waals surface area contributed by atoms with Crippen LogP contribution in [0, 0.1) is 11.3 Å². The van der Waals surface area contributed by atoms with Gasteiger partial charge in [0.05, 0.1) is 23.1 Å². The van der Waals surface area contributed by atoms with E-state index in [1.165, 1.54) is 6.07 Å². The zero-order valence-electron chi connectivity index (χ0n) is 9.90. The van der Waals surface area contributed by atoms with E-state index >= 15 is 0 Å². The first-order valence-corrected chi connectivity index (χ1v) is 6.53. The van der Waals surface area contributed by atoms with E-state index < -0.39 is 5.97 Å². The summed E-state index contributed by atoms with van der Waals surface area (Å²) in [4.78, 5) is 23.3. The maximum atomic E-state index is 11.8. The lowest BCUT2D eigenvalue weighted by Gasteiger charge is -2.09. The third kappa shape index (κ3) is 3.41. The first-order valence-electron chi connectivity index (χ1n) is 5.40. The summed E-state index contributed by atoms with van der Waals surface area (Å²) < 4.78 is 4.91. The van der Waals surface area contributed by atoms with Crippen LogP contribution in [0.25, 0.3) is 0 Å². The van der Waals surface area contributed by atoms with Crippen LogP contribution < -0.4 is 0 Å². The minimum Gasteiger partial charge on any atom is -0.462 e. The second kappa shape index (κ2) is 6.92. The van der Waals surface area contributed by atoms with Crippen LogP contribution in [0.1, 0.15) is 28.4 Å². The molecule has 5 heteroatoms. The van der Waals surface area contributed by atoms with Crippen molar-refractivity contribution in [2.75, 3.05) is 11.9 Å². The highest BCUT2D eigenvalue weighted by atomic mass is 79.9. The average molecular weight is 310 g/mol. The molecule has 0 spiro atoms. The highest BCUT2D eigenvalue weighted by Gasteiger charge is 2.18. The molecule has 1 aromatic rings. The molecule has 4 nitrogen and oxygen atoms in total. The summed E-state index contributed by atoms with van der Waals surface area (Å²) in [6, 6.07) is 6.79. The molecule has 0 atom stereocenters. The normalized spacial score (nSPS) is 9.61. The predicted octanol–water partition coefficient (Wildman–Crippen LogP) is 2.24. The van der Waals surface area contributed by atoms with Crippen molar-refractivity contribution in [3.8, 4) is 6.07 Å². The fourth-order valence-electron chi connectivity index (χ4n) is 1.54. The Morgan fingerprint density at radius 3 is 2.72 bits per heavy atom. The van der Waals surface area contributed by atoms with Gasteiger partial charge in [0.2, 0.25) is 0 Å². The van der Waals surface area contributed by atoms with E-state index in [9.17, 15) is 9.59 Å². The van der Waals surface area contributed by atoms with E-state index in [2.05, 4.69) is 15.9 Å². The second-order valence-electron chi connectivity index (χ2n) is 3.52. The first-order chi connectivity index (χ1) is 8.63. The van der Waals surface area contributed by atoms with Gasteiger partial charge in [-0.2, -0.15) is 5.26 Å². The lowest BCUT2D eigenvalue weighted by molar-refractivity contribution is -0.115. The highest BCUT2D eigenvalue weighted by molar-refractivity contribution is 9.09. The molecule has 0 saturated carbocycles. The summed E-state index contributed by atoms with van der Waals surface area (Å²) in [6.45, 7) is 1.92. The number of hydrogen-bond acceptors (Lipinski definition) is 4. The fourth-order valence-corrected chi connectivity index (χ4v) is 1.74. The SMILES string of the molecule is CCOC(=O)c1c(C#N)cccc1CC(=O)CBr. The van der Waals surface area contributed by atoms with E-state index in [0.29, 0.717) is 5.56 Å². The predicted molar refractivity (Wildman–Crippen MR) is 69.6 cm³/mol. The number of nitrogens with zero attached hydrogens (tertiary/aromatic N) is 1. The molecule has 0 amide bonds. The fraction of sp³-hybridized carbons (Fsp3) is 0.308. The third-order valence-corrected chi connectivity index (χ3v) is 2.91. The maximum Gasteiger partial charge on any atom is 0.339 e. The lowest BCUT2D eigenvalue weighted by atomic mass is 9.98. The van der Waals surface area contributed by atoms with Gasteiger partial charge in [0, 0.05) is 6.42 Å². The molecule has 18 heavy (non-hydrogen) atoms. The van der Waals surface area contributed by atoms with E-state index in [1.54, 1.807) is 19.1 Å². The van der Waals surface area contributed by atoms with E-state index in [0.717, 1.165) is 0 Å². The van der Waals surface area contributed by atoms with Crippen LogP contribution in [0.4, 0.5) is 0 Å². The first kappa shape index (κ1) is 14.4. The number of halogens is 1. The Labute approximate surface area is 114 Å². The van der Waals surface area contributed by atoms with Gasteiger partial charge in [0.15, 0.2) is 0 Å². The Balaban J connectivity index is 3.21. The monoisotopic (exact) mass is 309 g/mol. The Kier molecular flexibility index (Phi) is 5.53. The molecule has 0 aromatic heterocycles. The highest BCUT2D eigenvalue weighted by Crippen LogP contribution is 2.17. The summed E-state index contributed by atoms with van der Waals surface area (Å²) in [5, 5.41) is 9.21. The number of ether oxygens (including phenoxy) is 1. The number of hydrogen-bond donors (Lipinski definition) is 0. The molecule has 0 heterocycles. The smallest absolute Gasteiger partial charge is 0.339 e. The van der Waals surface area contributed by atoms with Gasteiger partial charge in [0.1, 0.15) is 11.9 Å². The van der Waals surface area contributed by atoms with Gasteiger partial charge < -0.3 is 4.74 Å². The minimum atomic E-state index is -0.563. The van der Waals surface area contributed by atoms with Crippen molar-refractivity contribution in [3.63, 3.8) is 0 Å². The van der Waals surface area contributed by atoms with Crippen molar-refractivity contribution in [1.29, 1.82) is 5.26 Å². The summed E-state index contributed by atoms with van der Waals surface area (Å²) in [5.41, 5.74) is 0.946. The summed E-state index contributed by atoms with van der Waals surface area (Å²) >= 11 is 3.07. The number of rotatable bonds is 5. The summed E-state index contributed by atoms with van der Waals surface area (Å²) in [7, 11) is 0. The average Bonchev–Trinajstić information content (AvgIpc) is 2.38. The number of ketones is 1. The number of alkyl halides is 1. The van der Waals surface area contributed by atoms with Crippen LogP contribution in [0.15, 0.2) is 18.2 Å². The van der Waals surface area contributed by atoms with Crippen LogP contribution in [-0.2, 0) is 16.0 Å². The zero-order chi connectivity index (χ0) is 13.5. The van der Waals surface area contributed by atoms with Crippen molar-refractivity contribution in [2.45, 2.75) is 13.3 Å². The Morgan fingerprint density at radius 2 is 2.17 bits per heavy atom. The van der Waals surface area contributed by atoms with Gasteiger partial charge in [0.25, 0.3) is 0 Å². The molecule has 0 saturated heterocycles. The minimum absolute atomic E-state index is 0.0596. The molecule has 0 unspecified atom stereocenters. The Bertz CT molecular complexity index is 505. The van der Waals surface area contributed by atoms with Gasteiger partial charge in [-0.05, 0) is 18.6 Å². The van der Waals surface area contributed by atoms with Crippen LogP contribution in [0.5, 0.6) is 0 Å². The molecule has 0 radical (unpaired) electrons. The second-order valence-corrected chi connectivity index (χ2v) is 4.08. The molecule has 1 aromatic carbocycles. The van der Waals surface area contributed by atoms with Crippen molar-refractivity contribution < 1.29 is 14.3 Å². The number of Topliss-reactive ketones (excluding diaryl/α,β-unsaturated/α-hetero) is 1. The summed E-state index contributed by atoms with van der Waals surface area (Å²) in [6.07, 6.45) is 0.106. The van der Waals surface area contributed by atoms with Crippen LogP contribution in [0.3, 0.4) is 0 Å². The third-order valence-electron chi connectivity index (χ3n) is 2.29. The topological polar surface area (TPSA) is 67.2 Å². The molecule has 94 valence electrons. The van der Waals surface area contributed by atoms with Crippen molar-refractivity contribution >= 4 is 27.7 Å². The van der Waals surface area contributed by atoms with Crippen molar-refractivity contribution in [1.82, 2.24) is 0 Å². The summed E-state index contributed by atoms with van der Waals surface area (Å²) in [5.74, 6) is -0.623. The van der Waals surface area contributed by atoms with Gasteiger partial charge in [-0.15, -0.1) is 0 Å². The molecule has 0 N–H and O–H groups in total. The molecule has 0 bridgehead atoms. The maximum absolute atomic E-state index is 11.8. The van der Waals surface area contributed by atoms with Gasteiger partial charge in [-0.25, -0.2) is 4.79 Å². The Morgan fingerprint density at radius 1 is 1.44 bits per heavy atom. The molecule has 0 aliphatic heterocycles. The molecular formula is C13H12BrNO3. The van der Waals surface area contributed by atoms with Crippen LogP contribution in [0.2, 0.25) is 0 Å². The molecular weight excluding hydrogens is 298 g/mol. The lowest BCUT2D eigenvalue weighted by Crippen LogP contribution is -2.14. The van der Waals surface area contributed by atoms with Gasteiger partial charge >= 0.3 is 5.97 Å². The van der Waals surface area contributed by atoms with Gasteiger partial charge in [-0.3, -0.25) is 4.79 Å². The van der Waals surface area contributed by atoms with Crippen LogP contribution >= 0.6 is 15.9 Å². The molecule has 1 rings (SSSR count). The number of esters is 1. The van der Waals surface area contributed by atoms with Crippen LogP contribution in [-0.4, -0.2) is 23.7 Å². The quantitative estimate of drug-likeness (QED) is 0.618. The van der Waals surface area contributed by atoms with Crippen molar-refractivity contribution in [2.24, 2.45) is 0 Å². The number of carbonyl (C=O) groups is 2. The number of carbonyl (C=O) groups excluding carboxylic acids is 2. The molecule has 0 aliphatic rings. The molecule has 0 fully saturated rings. The van der Waals surface area contributed by atoms with Crippen molar-refractivity contribution in [3.05, 3.63) is 34.9 Å².